The van der Waals surface area contributed by atoms with E-state index in [9.17, 15) is 14.4 Å². The van der Waals surface area contributed by atoms with Gasteiger partial charge in [-0.15, -0.1) is 0 Å². The van der Waals surface area contributed by atoms with Crippen LogP contribution in [-0.4, -0.2) is 46.5 Å². The summed E-state index contributed by atoms with van der Waals surface area (Å²) >= 11 is 3.34. The van der Waals surface area contributed by atoms with Crippen LogP contribution in [0.2, 0.25) is 0 Å². The Morgan fingerprint density at radius 1 is 0.929 bits per heavy atom. The van der Waals surface area contributed by atoms with Crippen molar-refractivity contribution in [1.82, 2.24) is 4.90 Å². The smallest absolute Gasteiger partial charge is 0.329 e. The van der Waals surface area contributed by atoms with Gasteiger partial charge in [-0.1, -0.05) is 15.9 Å². The Bertz CT molecular complexity index is 746. The van der Waals surface area contributed by atoms with Crippen LogP contribution in [0.25, 0.3) is 0 Å². The van der Waals surface area contributed by atoms with Gasteiger partial charge in [0.15, 0.2) is 0 Å². The van der Waals surface area contributed by atoms with Gasteiger partial charge in [-0.2, -0.15) is 0 Å². The number of likely N-dealkylation sites (tertiary alicyclic amines) is 1. The molecule has 6 nitrogen and oxygen atoms in total. The minimum absolute atomic E-state index is 0.119. The monoisotopic (exact) mass is 453 g/mol. The molecule has 1 saturated heterocycles. The van der Waals surface area contributed by atoms with E-state index < -0.39 is 35.1 Å². The Morgan fingerprint density at radius 2 is 1.43 bits per heavy atom. The number of benzene rings is 1. The molecule has 154 valence electrons. The highest BCUT2D eigenvalue weighted by atomic mass is 79.9. The van der Waals surface area contributed by atoms with Gasteiger partial charge < -0.3 is 14.4 Å². The standard InChI is InChI=1S/C21H28BrNO5/c1-20(2,3)27-18(25)14-11-16(19(26)28-21(4,5)6)23(12-14)17(24)13-7-9-15(22)10-8-13/h7-10,14,16H,11-12H2,1-6H3/t14-,16-/m0/s1. The molecule has 0 spiro atoms. The number of hydrogen-bond donors (Lipinski definition) is 0. The molecule has 7 heteroatoms. The number of carbonyl (C=O) groups excluding carboxylic acids is 3. The van der Waals surface area contributed by atoms with Crippen LogP contribution in [0.5, 0.6) is 0 Å². The van der Waals surface area contributed by atoms with E-state index in [2.05, 4.69) is 15.9 Å². The Hall–Kier alpha value is -1.89. The van der Waals surface area contributed by atoms with Gasteiger partial charge in [0.05, 0.1) is 5.92 Å². The summed E-state index contributed by atoms with van der Waals surface area (Å²) in [4.78, 5) is 39.7. The third kappa shape index (κ3) is 6.06. The minimum Gasteiger partial charge on any atom is -0.460 e. The summed E-state index contributed by atoms with van der Waals surface area (Å²) in [5.41, 5.74) is -0.878. The van der Waals surface area contributed by atoms with Crippen molar-refractivity contribution >= 4 is 33.8 Å². The Morgan fingerprint density at radius 3 is 1.93 bits per heavy atom. The molecule has 1 fully saturated rings. The highest BCUT2D eigenvalue weighted by molar-refractivity contribution is 9.10. The molecule has 0 aliphatic carbocycles. The third-order valence-electron chi connectivity index (χ3n) is 4.07. The molecule has 1 aliphatic rings. The summed E-state index contributed by atoms with van der Waals surface area (Å²) in [6.45, 7) is 10.8. The van der Waals surface area contributed by atoms with Crippen molar-refractivity contribution in [2.45, 2.75) is 65.2 Å². The number of hydrogen-bond acceptors (Lipinski definition) is 5. The largest absolute Gasteiger partial charge is 0.460 e. The number of halogens is 1. The van der Waals surface area contributed by atoms with Crippen molar-refractivity contribution in [3.63, 3.8) is 0 Å². The van der Waals surface area contributed by atoms with E-state index in [4.69, 9.17) is 9.47 Å². The number of carbonyl (C=O) groups is 3. The molecule has 0 saturated carbocycles. The second-order valence-electron chi connectivity index (χ2n) is 8.98. The van der Waals surface area contributed by atoms with Gasteiger partial charge in [0.25, 0.3) is 5.91 Å². The van der Waals surface area contributed by atoms with Gasteiger partial charge in [-0.3, -0.25) is 9.59 Å². The number of rotatable bonds is 3. The zero-order valence-electron chi connectivity index (χ0n) is 17.2. The molecule has 28 heavy (non-hydrogen) atoms. The molecule has 0 aromatic heterocycles. The molecule has 1 aromatic carbocycles. The fourth-order valence-electron chi connectivity index (χ4n) is 2.97. The lowest BCUT2D eigenvalue weighted by Gasteiger charge is -2.27. The molecule has 1 aromatic rings. The van der Waals surface area contributed by atoms with Crippen molar-refractivity contribution in [2.75, 3.05) is 6.54 Å². The van der Waals surface area contributed by atoms with E-state index in [-0.39, 0.29) is 18.9 Å². The van der Waals surface area contributed by atoms with Gasteiger partial charge >= 0.3 is 11.9 Å². The average Bonchev–Trinajstić information content (AvgIpc) is 2.97. The Labute approximate surface area is 174 Å². The number of ether oxygens (including phenoxy) is 2. The number of nitrogens with zero attached hydrogens (tertiary/aromatic N) is 1. The second-order valence-corrected chi connectivity index (χ2v) is 9.90. The first-order valence-corrected chi connectivity index (χ1v) is 10.1. The van der Waals surface area contributed by atoms with Crippen LogP contribution in [0, 0.1) is 5.92 Å². The fourth-order valence-corrected chi connectivity index (χ4v) is 3.23. The van der Waals surface area contributed by atoms with Crippen molar-refractivity contribution < 1.29 is 23.9 Å². The number of esters is 2. The van der Waals surface area contributed by atoms with Crippen LogP contribution < -0.4 is 0 Å². The molecule has 0 bridgehead atoms. The van der Waals surface area contributed by atoms with E-state index in [0.29, 0.717) is 5.56 Å². The predicted molar refractivity (Wildman–Crippen MR) is 109 cm³/mol. The summed E-state index contributed by atoms with van der Waals surface area (Å²) in [6.07, 6.45) is 0.187. The van der Waals surface area contributed by atoms with E-state index in [1.807, 2.05) is 0 Å². The predicted octanol–water partition coefficient (Wildman–Crippen LogP) is 3.96. The molecule has 0 unspecified atom stereocenters. The van der Waals surface area contributed by atoms with Crippen LogP contribution in [0.1, 0.15) is 58.3 Å². The highest BCUT2D eigenvalue weighted by Crippen LogP contribution is 2.29. The van der Waals surface area contributed by atoms with Gasteiger partial charge in [0.1, 0.15) is 17.2 Å². The molecule has 1 aliphatic heterocycles. The molecular weight excluding hydrogens is 426 g/mol. The van der Waals surface area contributed by atoms with E-state index >= 15 is 0 Å². The van der Waals surface area contributed by atoms with Crippen molar-refractivity contribution in [2.24, 2.45) is 5.92 Å². The first-order chi connectivity index (χ1) is 12.8. The molecule has 2 atom stereocenters. The molecule has 1 heterocycles. The van der Waals surface area contributed by atoms with Gasteiger partial charge in [-0.05, 0) is 72.2 Å². The van der Waals surface area contributed by atoms with Crippen molar-refractivity contribution in [3.05, 3.63) is 34.3 Å². The van der Waals surface area contributed by atoms with Crippen molar-refractivity contribution in [3.8, 4) is 0 Å². The maximum Gasteiger partial charge on any atom is 0.329 e. The van der Waals surface area contributed by atoms with Crippen LogP contribution in [0.4, 0.5) is 0 Å². The van der Waals surface area contributed by atoms with E-state index in [1.165, 1.54) is 4.90 Å². The minimum atomic E-state index is -0.826. The average molecular weight is 454 g/mol. The Kier molecular flexibility index (Phi) is 6.58. The molecule has 0 N–H and O–H groups in total. The van der Waals surface area contributed by atoms with Gasteiger partial charge in [-0.25, -0.2) is 4.79 Å². The lowest BCUT2D eigenvalue weighted by molar-refractivity contribution is -0.160. The topological polar surface area (TPSA) is 72.9 Å². The van der Waals surface area contributed by atoms with Crippen LogP contribution in [0.15, 0.2) is 28.7 Å². The lowest BCUT2D eigenvalue weighted by Crippen LogP contribution is -2.43. The first kappa shape index (κ1) is 22.4. The summed E-state index contributed by atoms with van der Waals surface area (Å²) < 4.78 is 11.8. The summed E-state index contributed by atoms with van der Waals surface area (Å²) in [6, 6.07) is 6.06. The second kappa shape index (κ2) is 8.23. The van der Waals surface area contributed by atoms with Crippen LogP contribution >= 0.6 is 15.9 Å². The fraction of sp³-hybridized carbons (Fsp3) is 0.571. The van der Waals surface area contributed by atoms with Crippen LogP contribution in [0.3, 0.4) is 0 Å². The summed E-state index contributed by atoms with van der Waals surface area (Å²) in [7, 11) is 0. The zero-order chi connectivity index (χ0) is 21.3. The zero-order valence-corrected chi connectivity index (χ0v) is 18.8. The van der Waals surface area contributed by atoms with Gasteiger partial charge in [0.2, 0.25) is 0 Å². The Balaban J connectivity index is 2.27. The summed E-state index contributed by atoms with van der Waals surface area (Å²) in [5, 5.41) is 0. The lowest BCUT2D eigenvalue weighted by atomic mass is 10.0. The van der Waals surface area contributed by atoms with E-state index in [1.54, 1.807) is 65.8 Å². The molecule has 1 amide bonds. The van der Waals surface area contributed by atoms with Crippen molar-refractivity contribution in [1.29, 1.82) is 0 Å². The maximum atomic E-state index is 13.0. The molecule has 0 radical (unpaired) electrons. The SMILES string of the molecule is CC(C)(C)OC(=O)[C@H]1C[C@@H](C(=O)OC(C)(C)C)N(C(=O)c2ccc(Br)cc2)C1. The molecular formula is C21H28BrNO5. The summed E-state index contributed by atoms with van der Waals surface area (Å²) in [5.74, 6) is -1.80. The van der Waals surface area contributed by atoms with Crippen LogP contribution in [-0.2, 0) is 19.1 Å². The highest BCUT2D eigenvalue weighted by Gasteiger charge is 2.45. The first-order valence-electron chi connectivity index (χ1n) is 9.29. The van der Waals surface area contributed by atoms with Gasteiger partial charge in [0, 0.05) is 16.6 Å². The van der Waals surface area contributed by atoms with E-state index in [0.717, 1.165) is 4.47 Å². The third-order valence-corrected chi connectivity index (χ3v) is 4.60. The normalized spacial score (nSPS) is 20.0. The maximum absolute atomic E-state index is 13.0. The molecule has 2 rings (SSSR count). The number of amides is 1. The quantitative estimate of drug-likeness (QED) is 0.647.